The number of hydrogen-bond acceptors (Lipinski definition) is 5. The van der Waals surface area contributed by atoms with Crippen LogP contribution in [0.5, 0.6) is 0 Å². The van der Waals surface area contributed by atoms with E-state index in [2.05, 4.69) is 10.1 Å². The van der Waals surface area contributed by atoms with Crippen molar-refractivity contribution in [2.24, 2.45) is 5.73 Å². The smallest absolute Gasteiger partial charge is 0.160 e. The minimum Gasteiger partial charge on any atom is -0.330 e. The summed E-state index contributed by atoms with van der Waals surface area (Å²) < 4.78 is 25.7. The fourth-order valence-electron chi connectivity index (χ4n) is 1.55. The fraction of sp³-hybridized carbons (Fsp3) is 0.800. The zero-order valence-corrected chi connectivity index (χ0v) is 11.3. The van der Waals surface area contributed by atoms with Gasteiger partial charge in [0.15, 0.2) is 9.84 Å². The van der Waals surface area contributed by atoms with Gasteiger partial charge in [-0.2, -0.15) is 5.10 Å². The Labute approximate surface area is 102 Å². The van der Waals surface area contributed by atoms with Crippen LogP contribution < -0.4 is 5.73 Å². The van der Waals surface area contributed by atoms with Crippen LogP contribution >= 0.6 is 0 Å². The summed E-state index contributed by atoms with van der Waals surface area (Å²) in [7, 11) is -3.20. The Morgan fingerprint density at radius 1 is 1.41 bits per heavy atom. The molecule has 1 unspecified atom stereocenters. The number of aromatic nitrogens is 3. The molecule has 0 aliphatic rings. The molecule has 2 N–H and O–H groups in total. The van der Waals surface area contributed by atoms with E-state index in [0.29, 0.717) is 18.8 Å². The van der Waals surface area contributed by atoms with Crippen molar-refractivity contribution in [1.29, 1.82) is 0 Å². The van der Waals surface area contributed by atoms with E-state index in [4.69, 9.17) is 5.73 Å². The first kappa shape index (κ1) is 14.1. The van der Waals surface area contributed by atoms with Crippen molar-refractivity contribution in [2.75, 3.05) is 6.54 Å². The lowest BCUT2D eigenvalue weighted by Crippen LogP contribution is -2.24. The summed E-state index contributed by atoms with van der Waals surface area (Å²) in [4.78, 5) is 4.01. The highest BCUT2D eigenvalue weighted by molar-refractivity contribution is 7.91. The normalized spacial score (nSPS) is 14.2. The van der Waals surface area contributed by atoms with Crippen molar-refractivity contribution in [3.8, 4) is 0 Å². The largest absolute Gasteiger partial charge is 0.330 e. The highest BCUT2D eigenvalue weighted by Crippen LogP contribution is 2.14. The number of hydrogen-bond donors (Lipinski definition) is 1. The Morgan fingerprint density at radius 2 is 2.06 bits per heavy atom. The van der Waals surface area contributed by atoms with Crippen LogP contribution in [0.2, 0.25) is 0 Å². The second-order valence-corrected chi connectivity index (χ2v) is 6.83. The Hall–Kier alpha value is -0.950. The van der Waals surface area contributed by atoms with Crippen LogP contribution in [0.15, 0.2) is 6.33 Å². The molecule has 0 spiro atoms. The molecule has 0 aliphatic carbocycles. The van der Waals surface area contributed by atoms with Gasteiger partial charge in [-0.1, -0.05) is 0 Å². The highest BCUT2D eigenvalue weighted by atomic mass is 32.2. The first-order valence-corrected chi connectivity index (χ1v) is 7.40. The van der Waals surface area contributed by atoms with E-state index in [1.807, 2.05) is 13.8 Å². The van der Waals surface area contributed by atoms with E-state index in [1.165, 1.54) is 6.33 Å². The predicted molar refractivity (Wildman–Crippen MR) is 66.2 cm³/mol. The van der Waals surface area contributed by atoms with Gasteiger partial charge in [-0.3, -0.25) is 0 Å². The van der Waals surface area contributed by atoms with Gasteiger partial charge in [0, 0.05) is 6.04 Å². The average molecular weight is 260 g/mol. The molecule has 0 saturated heterocycles. The molecule has 0 saturated carbocycles. The third kappa shape index (κ3) is 3.50. The third-order valence-corrected chi connectivity index (χ3v) is 4.78. The van der Waals surface area contributed by atoms with Gasteiger partial charge in [-0.25, -0.2) is 18.1 Å². The summed E-state index contributed by atoms with van der Waals surface area (Å²) in [5, 5.41) is 3.58. The van der Waals surface area contributed by atoms with E-state index >= 15 is 0 Å². The molecule has 7 heteroatoms. The van der Waals surface area contributed by atoms with Gasteiger partial charge in [0.25, 0.3) is 0 Å². The third-order valence-electron chi connectivity index (χ3n) is 2.65. The van der Waals surface area contributed by atoms with Crippen molar-refractivity contribution >= 4 is 9.84 Å². The molecule has 0 fully saturated rings. The molecular weight excluding hydrogens is 240 g/mol. The summed E-state index contributed by atoms with van der Waals surface area (Å²) in [6.45, 7) is 5.93. The van der Waals surface area contributed by atoms with E-state index in [0.717, 1.165) is 0 Å². The predicted octanol–water partition coefficient (Wildman–Crippen LogP) is 0.511. The van der Waals surface area contributed by atoms with Crippen LogP contribution in [0.3, 0.4) is 0 Å². The minimum absolute atomic E-state index is 0.0770. The van der Waals surface area contributed by atoms with Crippen LogP contribution in [0.25, 0.3) is 0 Å². The maximum Gasteiger partial charge on any atom is 0.160 e. The van der Waals surface area contributed by atoms with Gasteiger partial charge in [0.05, 0.1) is 5.25 Å². The number of nitrogens with two attached hydrogens (primary N) is 1. The maximum atomic E-state index is 12.0. The first-order valence-electron chi connectivity index (χ1n) is 5.68. The molecule has 1 rings (SSSR count). The minimum atomic E-state index is -3.20. The number of sulfone groups is 1. The topological polar surface area (TPSA) is 90.9 Å². The zero-order chi connectivity index (χ0) is 13.1. The van der Waals surface area contributed by atoms with Crippen LogP contribution in [0.4, 0.5) is 0 Å². The van der Waals surface area contributed by atoms with Crippen LogP contribution in [-0.2, 0) is 15.6 Å². The Morgan fingerprint density at radius 3 is 2.59 bits per heavy atom. The molecule has 0 aromatic carbocycles. The molecule has 6 nitrogen and oxygen atoms in total. The molecule has 1 atom stereocenters. The Kier molecular flexibility index (Phi) is 4.64. The van der Waals surface area contributed by atoms with Crippen molar-refractivity contribution in [1.82, 2.24) is 14.8 Å². The van der Waals surface area contributed by atoms with Crippen LogP contribution in [0, 0.1) is 0 Å². The molecule has 98 valence electrons. The summed E-state index contributed by atoms with van der Waals surface area (Å²) >= 11 is 0. The number of rotatable bonds is 6. The molecular formula is C10H20N4O2S. The van der Waals surface area contributed by atoms with Gasteiger partial charge in [-0.15, -0.1) is 0 Å². The summed E-state index contributed by atoms with van der Waals surface area (Å²) in [6.07, 6.45) is 1.86. The van der Waals surface area contributed by atoms with Crippen molar-refractivity contribution in [3.63, 3.8) is 0 Å². The van der Waals surface area contributed by atoms with Gasteiger partial charge < -0.3 is 5.73 Å². The van der Waals surface area contributed by atoms with Gasteiger partial charge in [-0.05, 0) is 33.7 Å². The van der Waals surface area contributed by atoms with Crippen molar-refractivity contribution in [2.45, 2.75) is 44.2 Å². The number of nitrogens with zero attached hydrogens (tertiary/aromatic N) is 3. The first-order chi connectivity index (χ1) is 7.88. The van der Waals surface area contributed by atoms with Crippen molar-refractivity contribution < 1.29 is 8.42 Å². The maximum absolute atomic E-state index is 12.0. The molecule has 1 aromatic heterocycles. The molecule has 0 amide bonds. The lowest BCUT2D eigenvalue weighted by atomic mass is 10.3. The molecule has 0 radical (unpaired) electrons. The summed E-state index contributed by atoms with van der Waals surface area (Å²) in [6, 6.07) is 0.104. The van der Waals surface area contributed by atoms with Gasteiger partial charge in [0.1, 0.15) is 17.9 Å². The van der Waals surface area contributed by atoms with E-state index in [9.17, 15) is 8.42 Å². The molecule has 0 aliphatic heterocycles. The Balaban J connectivity index is 2.87. The quantitative estimate of drug-likeness (QED) is 0.804. The summed E-state index contributed by atoms with van der Waals surface area (Å²) in [5.41, 5.74) is 5.38. The average Bonchev–Trinajstić information content (AvgIpc) is 2.65. The molecule has 0 bridgehead atoms. The lowest BCUT2D eigenvalue weighted by molar-refractivity contribution is 0.509. The lowest BCUT2D eigenvalue weighted by Gasteiger charge is -2.13. The SMILES string of the molecule is CC(C)n1ncnc1CS(=O)(=O)C(C)CCN. The van der Waals surface area contributed by atoms with E-state index in [1.54, 1.807) is 11.6 Å². The zero-order valence-electron chi connectivity index (χ0n) is 10.5. The Bertz CT molecular complexity index is 453. The highest BCUT2D eigenvalue weighted by Gasteiger charge is 2.23. The second kappa shape index (κ2) is 5.59. The standard InChI is InChI=1S/C10H20N4O2S/c1-8(2)14-10(12-7-13-14)6-17(15,16)9(3)4-5-11/h7-9H,4-6,11H2,1-3H3. The van der Waals surface area contributed by atoms with E-state index in [-0.39, 0.29) is 11.8 Å². The second-order valence-electron chi connectivity index (χ2n) is 4.41. The molecule has 1 heterocycles. The summed E-state index contributed by atoms with van der Waals surface area (Å²) in [5.74, 6) is 0.413. The van der Waals surface area contributed by atoms with Gasteiger partial charge >= 0.3 is 0 Å². The van der Waals surface area contributed by atoms with Crippen LogP contribution in [-0.4, -0.2) is 35.0 Å². The van der Waals surface area contributed by atoms with Crippen LogP contribution in [0.1, 0.15) is 39.1 Å². The van der Waals surface area contributed by atoms with Crippen molar-refractivity contribution in [3.05, 3.63) is 12.2 Å². The fourth-order valence-corrected chi connectivity index (χ4v) is 2.89. The van der Waals surface area contributed by atoms with E-state index < -0.39 is 15.1 Å². The monoisotopic (exact) mass is 260 g/mol. The molecule has 1 aromatic rings. The van der Waals surface area contributed by atoms with Gasteiger partial charge in [0.2, 0.25) is 0 Å². The molecule has 17 heavy (non-hydrogen) atoms.